The number of pyridine rings is 1. The molecule has 0 fully saturated rings. The van der Waals surface area contributed by atoms with Gasteiger partial charge in [-0.15, -0.1) is 0 Å². The summed E-state index contributed by atoms with van der Waals surface area (Å²) in [6, 6.07) is 6.62. The maximum Gasteiger partial charge on any atom is 0.256 e. The summed E-state index contributed by atoms with van der Waals surface area (Å²) in [5, 5.41) is 3.11. The third-order valence-electron chi connectivity index (χ3n) is 3.32. The summed E-state index contributed by atoms with van der Waals surface area (Å²) in [6.45, 7) is 7.10. The monoisotopic (exact) mass is 378 g/mol. The molecule has 140 valence electrons. The molecule has 0 radical (unpaired) electrons. The Labute approximate surface area is 158 Å². The molecule has 2 aromatic rings. The van der Waals surface area contributed by atoms with Gasteiger partial charge in [-0.25, -0.2) is 4.98 Å². The van der Waals surface area contributed by atoms with Gasteiger partial charge < -0.3 is 19.5 Å². The molecule has 0 unspecified atom stereocenters. The highest BCUT2D eigenvalue weighted by Crippen LogP contribution is 2.37. The van der Waals surface area contributed by atoms with Crippen molar-refractivity contribution in [2.75, 3.05) is 25.1 Å². The van der Waals surface area contributed by atoms with E-state index in [1.165, 1.54) is 0 Å². The average molecular weight is 379 g/mol. The molecule has 0 aliphatic heterocycles. The van der Waals surface area contributed by atoms with Crippen LogP contribution in [0.1, 0.15) is 37.6 Å². The van der Waals surface area contributed by atoms with E-state index in [1.807, 2.05) is 20.8 Å². The van der Waals surface area contributed by atoms with Gasteiger partial charge in [-0.05, 0) is 44.5 Å². The smallest absolute Gasteiger partial charge is 0.256 e. The molecule has 2 rings (SSSR count). The molecular weight excluding hydrogens is 356 g/mol. The predicted octanol–water partition coefficient (Wildman–Crippen LogP) is 4.57. The van der Waals surface area contributed by atoms with E-state index in [-0.39, 0.29) is 5.91 Å². The Morgan fingerprint density at radius 2 is 1.92 bits per heavy atom. The zero-order valence-electron chi connectivity index (χ0n) is 15.2. The Bertz CT molecular complexity index is 752. The maximum absolute atomic E-state index is 12.7. The molecule has 0 saturated carbocycles. The fourth-order valence-corrected chi connectivity index (χ4v) is 2.50. The van der Waals surface area contributed by atoms with E-state index in [0.717, 1.165) is 6.42 Å². The number of halogens is 1. The SMILES string of the molecule is CCCOc1c(Cl)cc(C(=O)Nc2cccnc2OCC)cc1OCC. The van der Waals surface area contributed by atoms with Crippen LogP contribution in [0.15, 0.2) is 30.5 Å². The highest BCUT2D eigenvalue weighted by atomic mass is 35.5. The predicted molar refractivity (Wildman–Crippen MR) is 102 cm³/mol. The average Bonchev–Trinajstić information content (AvgIpc) is 2.63. The van der Waals surface area contributed by atoms with Crippen LogP contribution >= 0.6 is 11.6 Å². The largest absolute Gasteiger partial charge is 0.490 e. The molecule has 0 atom stereocenters. The fourth-order valence-electron chi connectivity index (χ4n) is 2.24. The summed E-state index contributed by atoms with van der Waals surface area (Å²) in [5.74, 6) is 0.907. The third kappa shape index (κ3) is 5.02. The van der Waals surface area contributed by atoms with Crippen molar-refractivity contribution in [3.05, 3.63) is 41.0 Å². The lowest BCUT2D eigenvalue weighted by Gasteiger charge is -2.15. The second kappa shape index (κ2) is 9.87. The number of amides is 1. The van der Waals surface area contributed by atoms with Gasteiger partial charge in [0.25, 0.3) is 5.91 Å². The number of carbonyl (C=O) groups excluding carboxylic acids is 1. The number of benzene rings is 1. The Morgan fingerprint density at radius 1 is 1.15 bits per heavy atom. The minimum absolute atomic E-state index is 0.325. The van der Waals surface area contributed by atoms with E-state index in [9.17, 15) is 4.79 Å². The molecule has 0 saturated heterocycles. The van der Waals surface area contributed by atoms with Crippen LogP contribution in [0.3, 0.4) is 0 Å². The first-order valence-electron chi connectivity index (χ1n) is 8.58. The first kappa shape index (κ1) is 19.8. The molecule has 0 spiro atoms. The van der Waals surface area contributed by atoms with Crippen LogP contribution in [0.4, 0.5) is 5.69 Å². The van der Waals surface area contributed by atoms with Crippen LogP contribution in [-0.4, -0.2) is 30.7 Å². The Morgan fingerprint density at radius 3 is 2.62 bits per heavy atom. The molecule has 6 nitrogen and oxygen atoms in total. The molecule has 26 heavy (non-hydrogen) atoms. The number of ether oxygens (including phenoxy) is 3. The van der Waals surface area contributed by atoms with Gasteiger partial charge >= 0.3 is 0 Å². The van der Waals surface area contributed by atoms with Crippen LogP contribution in [0.5, 0.6) is 17.4 Å². The summed E-state index contributed by atoms with van der Waals surface area (Å²) in [5.41, 5.74) is 0.841. The molecule has 0 bridgehead atoms. The van der Waals surface area contributed by atoms with Crippen LogP contribution < -0.4 is 19.5 Å². The van der Waals surface area contributed by atoms with Gasteiger partial charge in [0.15, 0.2) is 11.5 Å². The summed E-state index contributed by atoms with van der Waals surface area (Å²) in [6.07, 6.45) is 2.44. The number of rotatable bonds is 9. The summed E-state index contributed by atoms with van der Waals surface area (Å²) in [7, 11) is 0. The molecule has 1 aromatic carbocycles. The summed E-state index contributed by atoms with van der Waals surface area (Å²) in [4.78, 5) is 16.8. The minimum Gasteiger partial charge on any atom is -0.490 e. The molecule has 0 aliphatic carbocycles. The van der Waals surface area contributed by atoms with Crippen molar-refractivity contribution < 1.29 is 19.0 Å². The van der Waals surface area contributed by atoms with Crippen LogP contribution in [0.25, 0.3) is 0 Å². The van der Waals surface area contributed by atoms with Crippen molar-refractivity contribution >= 4 is 23.2 Å². The van der Waals surface area contributed by atoms with E-state index in [4.69, 9.17) is 25.8 Å². The molecule has 1 N–H and O–H groups in total. The van der Waals surface area contributed by atoms with Gasteiger partial charge in [0, 0.05) is 11.8 Å². The Kier molecular flexibility index (Phi) is 7.53. The van der Waals surface area contributed by atoms with Crippen LogP contribution in [-0.2, 0) is 0 Å². The minimum atomic E-state index is -0.344. The first-order valence-corrected chi connectivity index (χ1v) is 8.96. The summed E-state index contributed by atoms with van der Waals surface area (Å²) < 4.78 is 16.7. The lowest BCUT2D eigenvalue weighted by Crippen LogP contribution is -2.14. The van der Waals surface area contributed by atoms with Gasteiger partial charge in [0.1, 0.15) is 5.69 Å². The van der Waals surface area contributed by atoms with Crippen molar-refractivity contribution in [3.8, 4) is 17.4 Å². The van der Waals surface area contributed by atoms with Gasteiger partial charge in [-0.3, -0.25) is 4.79 Å². The molecule has 1 aromatic heterocycles. The van der Waals surface area contributed by atoms with Crippen molar-refractivity contribution in [3.63, 3.8) is 0 Å². The lowest BCUT2D eigenvalue weighted by atomic mass is 10.1. The van der Waals surface area contributed by atoms with Crippen molar-refractivity contribution in [1.82, 2.24) is 4.98 Å². The summed E-state index contributed by atoms with van der Waals surface area (Å²) >= 11 is 6.31. The number of nitrogens with one attached hydrogen (secondary N) is 1. The van der Waals surface area contributed by atoms with E-state index in [2.05, 4.69) is 10.3 Å². The highest BCUT2D eigenvalue weighted by Gasteiger charge is 2.17. The van der Waals surface area contributed by atoms with Crippen LogP contribution in [0, 0.1) is 0 Å². The number of anilines is 1. The number of hydrogen-bond donors (Lipinski definition) is 1. The maximum atomic E-state index is 12.7. The third-order valence-corrected chi connectivity index (χ3v) is 3.60. The zero-order chi connectivity index (χ0) is 18.9. The molecule has 1 heterocycles. The van der Waals surface area contributed by atoms with E-state index < -0.39 is 0 Å². The second-order valence-electron chi connectivity index (χ2n) is 5.31. The Balaban J connectivity index is 2.28. The number of nitrogens with zero attached hydrogens (tertiary/aromatic N) is 1. The van der Waals surface area contributed by atoms with E-state index >= 15 is 0 Å². The first-order chi connectivity index (χ1) is 12.6. The fraction of sp³-hybridized carbons (Fsp3) is 0.368. The van der Waals surface area contributed by atoms with Gasteiger partial charge in [0.05, 0.1) is 24.8 Å². The van der Waals surface area contributed by atoms with E-state index in [1.54, 1.807) is 30.5 Å². The topological polar surface area (TPSA) is 69.7 Å². The highest BCUT2D eigenvalue weighted by molar-refractivity contribution is 6.32. The number of hydrogen-bond acceptors (Lipinski definition) is 5. The molecule has 1 amide bonds. The van der Waals surface area contributed by atoms with Crippen molar-refractivity contribution in [2.24, 2.45) is 0 Å². The zero-order valence-corrected chi connectivity index (χ0v) is 15.9. The van der Waals surface area contributed by atoms with Crippen LogP contribution in [0.2, 0.25) is 5.02 Å². The van der Waals surface area contributed by atoms with Gasteiger partial charge in [-0.1, -0.05) is 18.5 Å². The Hall–Kier alpha value is -2.47. The van der Waals surface area contributed by atoms with Crippen molar-refractivity contribution in [1.29, 1.82) is 0 Å². The standard InChI is InChI=1S/C19H23ClN2O4/c1-4-10-26-17-14(20)11-13(12-16(17)24-5-2)18(23)22-15-8-7-9-21-19(15)25-6-3/h7-9,11-12H,4-6,10H2,1-3H3,(H,22,23). The molecule has 0 aliphatic rings. The number of aromatic nitrogens is 1. The quantitative estimate of drug-likeness (QED) is 0.691. The normalized spacial score (nSPS) is 10.3. The number of carbonyl (C=O) groups is 1. The van der Waals surface area contributed by atoms with Crippen molar-refractivity contribution in [2.45, 2.75) is 27.2 Å². The lowest BCUT2D eigenvalue weighted by molar-refractivity contribution is 0.102. The van der Waals surface area contributed by atoms with Gasteiger partial charge in [-0.2, -0.15) is 0 Å². The van der Waals surface area contributed by atoms with Gasteiger partial charge in [0.2, 0.25) is 5.88 Å². The molecule has 7 heteroatoms. The molecular formula is C19H23ClN2O4. The van der Waals surface area contributed by atoms with E-state index in [0.29, 0.717) is 53.5 Å². The second-order valence-corrected chi connectivity index (χ2v) is 5.72.